The molecule has 3 aromatic rings. The average molecular weight is 508 g/mol. The number of methoxy groups -OCH3 is 2. The quantitative estimate of drug-likeness (QED) is 0.248. The van der Waals surface area contributed by atoms with Crippen molar-refractivity contribution in [2.45, 2.75) is 25.8 Å². The highest BCUT2D eigenvalue weighted by atomic mass is 35.5. The summed E-state index contributed by atoms with van der Waals surface area (Å²) < 4.78 is 10.6. The van der Waals surface area contributed by atoms with Crippen molar-refractivity contribution in [3.63, 3.8) is 0 Å². The maximum Gasteiger partial charge on any atom is 0.300 e. The lowest BCUT2D eigenvalue weighted by Gasteiger charge is -2.26. The molecule has 3 aromatic carbocycles. The first kappa shape index (κ1) is 25.1. The number of phenolic OH excluding ortho intramolecular Hbond substituents is 1. The van der Waals surface area contributed by atoms with Gasteiger partial charge in [0.2, 0.25) is 0 Å². The maximum absolute atomic E-state index is 13.4. The molecular weight excluding hydrogens is 482 g/mol. The Hall–Kier alpha value is -3.97. The van der Waals surface area contributed by atoms with Gasteiger partial charge in [-0.1, -0.05) is 37.6 Å². The second-order valence-electron chi connectivity index (χ2n) is 8.69. The van der Waals surface area contributed by atoms with E-state index in [1.54, 1.807) is 49.6 Å². The number of aliphatic hydroxyl groups excluding tert-OH is 1. The molecule has 4 rings (SSSR count). The summed E-state index contributed by atoms with van der Waals surface area (Å²) in [5, 5.41) is 21.8. The fourth-order valence-electron chi connectivity index (χ4n) is 4.40. The van der Waals surface area contributed by atoms with Crippen LogP contribution in [0.15, 0.2) is 66.2 Å². The van der Waals surface area contributed by atoms with Gasteiger partial charge in [-0.05, 0) is 65.6 Å². The number of aliphatic hydroxyl groups is 1. The molecule has 0 aromatic heterocycles. The Morgan fingerprint density at radius 3 is 2.28 bits per heavy atom. The number of benzene rings is 3. The highest BCUT2D eigenvalue weighted by molar-refractivity contribution is 6.51. The number of carbonyl (C=O) groups excluding carboxylic acids is 2. The maximum atomic E-state index is 13.4. The summed E-state index contributed by atoms with van der Waals surface area (Å²) in [4.78, 5) is 28.0. The summed E-state index contributed by atoms with van der Waals surface area (Å²) in [6.07, 6.45) is 0. The lowest BCUT2D eigenvalue weighted by atomic mass is 9.93. The summed E-state index contributed by atoms with van der Waals surface area (Å²) in [5.74, 6) is -0.910. The summed E-state index contributed by atoms with van der Waals surface area (Å²) in [5.41, 5.74) is 1.90. The van der Waals surface area contributed by atoms with Crippen LogP contribution in [0.3, 0.4) is 0 Å². The van der Waals surface area contributed by atoms with Gasteiger partial charge in [-0.15, -0.1) is 0 Å². The van der Waals surface area contributed by atoms with Crippen LogP contribution in [0.2, 0.25) is 5.02 Å². The average Bonchev–Trinajstić information content (AvgIpc) is 3.13. The Balaban J connectivity index is 1.95. The zero-order valence-corrected chi connectivity index (χ0v) is 21.0. The van der Waals surface area contributed by atoms with E-state index in [-0.39, 0.29) is 28.0 Å². The molecule has 7 nitrogen and oxygen atoms in total. The minimum Gasteiger partial charge on any atom is -0.508 e. The van der Waals surface area contributed by atoms with Crippen molar-refractivity contribution in [2.24, 2.45) is 0 Å². The molecule has 1 unspecified atom stereocenters. The fourth-order valence-corrected chi connectivity index (χ4v) is 4.65. The van der Waals surface area contributed by atoms with Gasteiger partial charge in [0.1, 0.15) is 23.0 Å². The lowest BCUT2D eigenvalue weighted by molar-refractivity contribution is -0.132. The molecule has 1 saturated heterocycles. The minimum atomic E-state index is -1.01. The van der Waals surface area contributed by atoms with Crippen molar-refractivity contribution < 1.29 is 29.3 Å². The van der Waals surface area contributed by atoms with Gasteiger partial charge >= 0.3 is 0 Å². The molecule has 1 fully saturated rings. The summed E-state index contributed by atoms with van der Waals surface area (Å²) in [6.45, 7) is 3.97. The molecule has 0 bridgehead atoms. The van der Waals surface area contributed by atoms with Gasteiger partial charge in [0.05, 0.1) is 30.9 Å². The van der Waals surface area contributed by atoms with E-state index in [1.807, 2.05) is 13.8 Å². The van der Waals surface area contributed by atoms with Crippen LogP contribution >= 0.6 is 11.6 Å². The molecule has 1 amide bonds. The van der Waals surface area contributed by atoms with E-state index in [9.17, 15) is 19.8 Å². The van der Waals surface area contributed by atoms with Crippen molar-refractivity contribution >= 4 is 34.7 Å². The second-order valence-corrected chi connectivity index (χ2v) is 9.10. The number of ether oxygens (including phenoxy) is 2. The first-order valence-corrected chi connectivity index (χ1v) is 11.7. The molecule has 1 atom stereocenters. The fraction of sp³-hybridized carbons (Fsp3) is 0.214. The largest absolute Gasteiger partial charge is 0.508 e. The third-order valence-electron chi connectivity index (χ3n) is 6.17. The van der Waals surface area contributed by atoms with Crippen LogP contribution in [0, 0.1) is 0 Å². The molecule has 8 heteroatoms. The Labute approximate surface area is 214 Å². The number of ketones is 1. The number of rotatable bonds is 6. The predicted octanol–water partition coefficient (Wildman–Crippen LogP) is 5.81. The van der Waals surface area contributed by atoms with Crippen molar-refractivity contribution in [2.75, 3.05) is 19.1 Å². The number of aromatic hydroxyl groups is 1. The van der Waals surface area contributed by atoms with Crippen LogP contribution in [-0.2, 0) is 9.59 Å². The van der Waals surface area contributed by atoms with Gasteiger partial charge in [-0.3, -0.25) is 14.5 Å². The van der Waals surface area contributed by atoms with Crippen LogP contribution in [0.25, 0.3) is 5.76 Å². The molecule has 0 saturated carbocycles. The number of anilines is 1. The van der Waals surface area contributed by atoms with E-state index in [0.29, 0.717) is 28.3 Å². The monoisotopic (exact) mass is 507 g/mol. The number of carbonyl (C=O) groups is 2. The Kier molecular flexibility index (Phi) is 6.95. The number of hydrogen-bond donors (Lipinski definition) is 2. The van der Waals surface area contributed by atoms with Crippen LogP contribution in [0.5, 0.6) is 17.2 Å². The molecule has 0 radical (unpaired) electrons. The van der Waals surface area contributed by atoms with E-state index in [1.165, 1.54) is 30.2 Å². The van der Waals surface area contributed by atoms with Gasteiger partial charge in [0.15, 0.2) is 0 Å². The lowest BCUT2D eigenvalue weighted by Crippen LogP contribution is -2.29. The number of amides is 1. The van der Waals surface area contributed by atoms with E-state index in [4.69, 9.17) is 21.1 Å². The van der Waals surface area contributed by atoms with Gasteiger partial charge in [0.25, 0.3) is 11.7 Å². The number of Topliss-reactive ketones (excluding diaryl/α,β-unsaturated/α-hetero) is 1. The highest BCUT2D eigenvalue weighted by Gasteiger charge is 2.47. The molecule has 1 heterocycles. The number of hydrogen-bond acceptors (Lipinski definition) is 6. The zero-order chi connectivity index (χ0) is 26.1. The van der Waals surface area contributed by atoms with Crippen molar-refractivity contribution in [3.05, 3.63) is 87.9 Å². The topological polar surface area (TPSA) is 96.3 Å². The first-order valence-electron chi connectivity index (χ1n) is 11.3. The zero-order valence-electron chi connectivity index (χ0n) is 20.3. The smallest absolute Gasteiger partial charge is 0.300 e. The normalized spacial score (nSPS) is 17.1. The van der Waals surface area contributed by atoms with Crippen LogP contribution in [-0.4, -0.2) is 36.1 Å². The Morgan fingerprint density at radius 2 is 1.67 bits per heavy atom. The van der Waals surface area contributed by atoms with Gasteiger partial charge in [0, 0.05) is 11.3 Å². The van der Waals surface area contributed by atoms with Crippen molar-refractivity contribution in [1.29, 1.82) is 0 Å². The van der Waals surface area contributed by atoms with Crippen LogP contribution < -0.4 is 14.4 Å². The second kappa shape index (κ2) is 9.95. The number of nitrogens with zero attached hydrogens (tertiary/aromatic N) is 1. The first-order chi connectivity index (χ1) is 17.2. The number of halogens is 1. The number of phenols is 1. The third kappa shape index (κ3) is 4.38. The molecule has 0 aliphatic carbocycles. The van der Waals surface area contributed by atoms with Crippen molar-refractivity contribution in [3.8, 4) is 17.2 Å². The van der Waals surface area contributed by atoms with Crippen LogP contribution in [0.1, 0.15) is 42.5 Å². The standard InChI is InChI=1S/C28H26ClNO6/c1-15(2)20-13-17(8-10-22(20)35-3)26(32)24-25(16-6-5-7-19(31)12-16)30(28(34)27(24)33)18-9-11-23(36-4)21(29)14-18/h5-15,25,31-32H,1-4H3/b26-24-. The van der Waals surface area contributed by atoms with Gasteiger partial charge in [-0.2, -0.15) is 0 Å². The summed E-state index contributed by atoms with van der Waals surface area (Å²) in [6, 6.07) is 15.0. The molecule has 0 spiro atoms. The van der Waals surface area contributed by atoms with E-state index < -0.39 is 17.7 Å². The molecule has 2 N–H and O–H groups in total. The molecule has 1 aliphatic heterocycles. The third-order valence-corrected chi connectivity index (χ3v) is 6.46. The Bertz CT molecular complexity index is 1380. The predicted molar refractivity (Wildman–Crippen MR) is 138 cm³/mol. The Morgan fingerprint density at radius 1 is 0.972 bits per heavy atom. The summed E-state index contributed by atoms with van der Waals surface area (Å²) in [7, 11) is 3.04. The molecular formula is C28H26ClNO6. The molecule has 1 aliphatic rings. The highest BCUT2D eigenvalue weighted by Crippen LogP contribution is 2.44. The van der Waals surface area contributed by atoms with Crippen molar-refractivity contribution in [1.82, 2.24) is 0 Å². The van der Waals surface area contributed by atoms with Gasteiger partial charge in [-0.25, -0.2) is 0 Å². The van der Waals surface area contributed by atoms with E-state index in [2.05, 4.69) is 0 Å². The van der Waals surface area contributed by atoms with Gasteiger partial charge < -0.3 is 19.7 Å². The van der Waals surface area contributed by atoms with Crippen LogP contribution in [0.4, 0.5) is 5.69 Å². The molecule has 36 heavy (non-hydrogen) atoms. The molecule has 186 valence electrons. The van der Waals surface area contributed by atoms with E-state index >= 15 is 0 Å². The van der Waals surface area contributed by atoms with E-state index in [0.717, 1.165) is 5.56 Å². The minimum absolute atomic E-state index is 0.0441. The summed E-state index contributed by atoms with van der Waals surface area (Å²) >= 11 is 6.32. The SMILES string of the molecule is COc1ccc(N2C(=O)C(=O)/C(=C(\O)c3ccc(OC)c(C(C)C)c3)C2c2cccc(O)c2)cc1Cl.